The summed E-state index contributed by atoms with van der Waals surface area (Å²) in [6, 6.07) is 0. The molecule has 0 saturated carbocycles. The maximum Gasteiger partial charge on any atom is 0.307 e. The molecule has 0 radical (unpaired) electrons. The quantitative estimate of drug-likeness (QED) is 0.654. The van der Waals surface area contributed by atoms with Crippen LogP contribution in [0.15, 0.2) is 12.7 Å². The van der Waals surface area contributed by atoms with Crippen molar-refractivity contribution in [2.75, 3.05) is 13.2 Å². The van der Waals surface area contributed by atoms with Gasteiger partial charge in [-0.1, -0.05) is 6.08 Å². The molecule has 0 aromatic heterocycles. The van der Waals surface area contributed by atoms with Crippen LogP contribution in [0.5, 0.6) is 0 Å². The number of hydrogen-bond donors (Lipinski definition) is 2. The van der Waals surface area contributed by atoms with E-state index in [2.05, 4.69) is 6.58 Å². The van der Waals surface area contributed by atoms with Crippen molar-refractivity contribution in [3.63, 3.8) is 0 Å². The van der Waals surface area contributed by atoms with Crippen molar-refractivity contribution in [3.05, 3.63) is 12.7 Å². The van der Waals surface area contributed by atoms with Gasteiger partial charge in [-0.3, -0.25) is 9.59 Å². The molecule has 0 amide bonds. The molecule has 0 rings (SSSR count). The maximum atomic E-state index is 10.3. The molecule has 0 aliphatic carbocycles. The molecule has 0 aromatic rings. The third kappa shape index (κ3) is 12.6. The van der Waals surface area contributed by atoms with E-state index >= 15 is 0 Å². The van der Waals surface area contributed by atoms with Gasteiger partial charge in [0.15, 0.2) is 0 Å². The molecule has 0 heterocycles. The Morgan fingerprint density at radius 2 is 1.81 bits per heavy atom. The van der Waals surface area contributed by atoms with Gasteiger partial charge < -0.3 is 14.9 Å². The number of carboxylic acid groups (broad SMARTS) is 2. The zero-order chi connectivity index (χ0) is 13.0. The molecule has 0 aliphatic rings. The maximum absolute atomic E-state index is 10.3. The molecule has 0 bridgehead atoms. The second-order valence-electron chi connectivity index (χ2n) is 2.94. The summed E-state index contributed by atoms with van der Waals surface area (Å²) in [6.45, 7) is 9.00. The minimum atomic E-state index is -1.10. The highest BCUT2D eigenvalue weighted by Crippen LogP contribution is 2.08. The molecule has 0 saturated heterocycles. The Morgan fingerprint density at radius 1 is 1.31 bits per heavy atom. The lowest BCUT2D eigenvalue weighted by Gasteiger charge is -2.04. The van der Waals surface area contributed by atoms with Gasteiger partial charge in [0, 0.05) is 13.2 Å². The van der Waals surface area contributed by atoms with Crippen LogP contribution in [-0.2, 0) is 14.3 Å². The number of rotatable bonds is 7. The van der Waals surface area contributed by atoms with Crippen molar-refractivity contribution in [2.24, 2.45) is 5.92 Å². The van der Waals surface area contributed by atoms with Crippen molar-refractivity contribution in [1.29, 1.82) is 0 Å². The summed E-state index contributed by atoms with van der Waals surface area (Å²) in [5, 5.41) is 16.7. The normalized spacial score (nSPS) is 10.9. The largest absolute Gasteiger partial charge is 0.481 e. The van der Waals surface area contributed by atoms with Crippen LogP contribution in [0.25, 0.3) is 0 Å². The first-order chi connectivity index (χ1) is 7.49. The smallest absolute Gasteiger partial charge is 0.307 e. The Balaban J connectivity index is 0. The lowest BCUT2D eigenvalue weighted by molar-refractivity contribution is -0.148. The molecule has 0 aliphatic heterocycles. The summed E-state index contributed by atoms with van der Waals surface area (Å²) in [7, 11) is 0. The molecular weight excluding hydrogens is 212 g/mol. The summed E-state index contributed by atoms with van der Waals surface area (Å²) < 4.78 is 4.83. The van der Waals surface area contributed by atoms with Crippen molar-refractivity contribution in [1.82, 2.24) is 0 Å². The second-order valence-corrected chi connectivity index (χ2v) is 2.94. The van der Waals surface area contributed by atoms with Crippen LogP contribution in [0.1, 0.15) is 26.7 Å². The summed E-state index contributed by atoms with van der Waals surface area (Å²) in [5.41, 5.74) is 0. The van der Waals surface area contributed by atoms with Crippen LogP contribution < -0.4 is 0 Å². The van der Waals surface area contributed by atoms with E-state index in [0.29, 0.717) is 0 Å². The van der Waals surface area contributed by atoms with Gasteiger partial charge in [0.1, 0.15) is 0 Å². The summed E-state index contributed by atoms with van der Waals surface area (Å²) in [4.78, 5) is 20.4. The Hall–Kier alpha value is -1.36. The molecule has 5 heteroatoms. The number of allylic oxidation sites excluding steroid dienone is 1. The SMILES string of the molecule is C=CCC(CC(=O)O)C(=O)O.CCOCC. The number of ether oxygens (including phenoxy) is 1. The number of aliphatic carboxylic acids is 2. The van der Waals surface area contributed by atoms with E-state index in [9.17, 15) is 9.59 Å². The van der Waals surface area contributed by atoms with Crippen molar-refractivity contribution in [2.45, 2.75) is 26.7 Å². The highest BCUT2D eigenvalue weighted by atomic mass is 16.5. The molecule has 1 unspecified atom stereocenters. The minimum absolute atomic E-state index is 0.196. The van der Waals surface area contributed by atoms with Gasteiger partial charge >= 0.3 is 11.9 Å². The Morgan fingerprint density at radius 3 is 2.00 bits per heavy atom. The minimum Gasteiger partial charge on any atom is -0.481 e. The molecule has 0 spiro atoms. The third-order valence-electron chi connectivity index (χ3n) is 1.63. The molecule has 0 fully saturated rings. The van der Waals surface area contributed by atoms with E-state index < -0.39 is 17.9 Å². The monoisotopic (exact) mass is 232 g/mol. The first-order valence-corrected chi connectivity index (χ1v) is 5.12. The zero-order valence-corrected chi connectivity index (χ0v) is 9.81. The Bertz CT molecular complexity index is 210. The fourth-order valence-electron chi connectivity index (χ4n) is 0.888. The standard InChI is InChI=1S/C7H10O4.C4H10O/c1-2-3-5(7(10)11)4-6(8)9;1-3-5-4-2/h2,5H,1,3-4H2,(H,8,9)(H,10,11);3-4H2,1-2H3. The van der Waals surface area contributed by atoms with Crippen molar-refractivity contribution in [3.8, 4) is 0 Å². The Labute approximate surface area is 95.7 Å². The average molecular weight is 232 g/mol. The van der Waals surface area contributed by atoms with Crippen LogP contribution in [0.2, 0.25) is 0 Å². The van der Waals surface area contributed by atoms with E-state index in [4.69, 9.17) is 14.9 Å². The molecule has 1 atom stereocenters. The summed E-state index contributed by atoms with van der Waals surface area (Å²) in [6.07, 6.45) is 1.25. The molecule has 94 valence electrons. The summed E-state index contributed by atoms with van der Waals surface area (Å²) in [5.74, 6) is -3.03. The predicted octanol–water partition coefficient (Wildman–Crippen LogP) is 1.78. The lowest BCUT2D eigenvalue weighted by atomic mass is 10.0. The zero-order valence-electron chi connectivity index (χ0n) is 9.81. The van der Waals surface area contributed by atoms with Crippen LogP contribution in [0.4, 0.5) is 0 Å². The van der Waals surface area contributed by atoms with Crippen molar-refractivity contribution < 1.29 is 24.5 Å². The average Bonchev–Trinajstić information content (AvgIpc) is 2.18. The van der Waals surface area contributed by atoms with Gasteiger partial charge in [-0.25, -0.2) is 0 Å². The first-order valence-electron chi connectivity index (χ1n) is 5.12. The number of carboxylic acids is 2. The van der Waals surface area contributed by atoms with Gasteiger partial charge in [-0.05, 0) is 20.3 Å². The third-order valence-corrected chi connectivity index (χ3v) is 1.63. The second kappa shape index (κ2) is 11.7. The number of hydrogen-bond acceptors (Lipinski definition) is 3. The van der Waals surface area contributed by atoms with Crippen LogP contribution in [-0.4, -0.2) is 35.4 Å². The fourth-order valence-corrected chi connectivity index (χ4v) is 0.888. The van der Waals surface area contributed by atoms with Crippen LogP contribution >= 0.6 is 0 Å². The highest BCUT2D eigenvalue weighted by molar-refractivity contribution is 5.77. The van der Waals surface area contributed by atoms with Gasteiger partial charge in [0.25, 0.3) is 0 Å². The predicted molar refractivity (Wildman–Crippen MR) is 60.4 cm³/mol. The van der Waals surface area contributed by atoms with Crippen LogP contribution in [0, 0.1) is 5.92 Å². The first kappa shape index (κ1) is 17.0. The topological polar surface area (TPSA) is 83.8 Å². The highest BCUT2D eigenvalue weighted by Gasteiger charge is 2.18. The van der Waals surface area contributed by atoms with E-state index in [1.54, 1.807) is 0 Å². The van der Waals surface area contributed by atoms with E-state index in [-0.39, 0.29) is 12.8 Å². The number of carbonyl (C=O) groups is 2. The molecular formula is C11H20O5. The van der Waals surface area contributed by atoms with Crippen LogP contribution in [0.3, 0.4) is 0 Å². The fraction of sp³-hybridized carbons (Fsp3) is 0.636. The lowest BCUT2D eigenvalue weighted by Crippen LogP contribution is -2.16. The Kier molecular flexibility index (Phi) is 12.5. The van der Waals surface area contributed by atoms with E-state index in [1.807, 2.05) is 13.8 Å². The molecule has 2 N–H and O–H groups in total. The van der Waals surface area contributed by atoms with Gasteiger partial charge in [0.2, 0.25) is 0 Å². The van der Waals surface area contributed by atoms with Gasteiger partial charge in [-0.2, -0.15) is 0 Å². The van der Waals surface area contributed by atoms with E-state index in [0.717, 1.165) is 13.2 Å². The van der Waals surface area contributed by atoms with Gasteiger partial charge in [0.05, 0.1) is 12.3 Å². The van der Waals surface area contributed by atoms with E-state index in [1.165, 1.54) is 6.08 Å². The van der Waals surface area contributed by atoms with Gasteiger partial charge in [-0.15, -0.1) is 6.58 Å². The summed E-state index contributed by atoms with van der Waals surface area (Å²) >= 11 is 0. The molecule has 16 heavy (non-hydrogen) atoms. The molecule has 5 nitrogen and oxygen atoms in total. The molecule has 0 aromatic carbocycles. The van der Waals surface area contributed by atoms with Crippen molar-refractivity contribution >= 4 is 11.9 Å².